The molecule has 0 aliphatic rings. The lowest BCUT2D eigenvalue weighted by atomic mass is 10.1. The molecule has 0 spiro atoms. The molecule has 0 radical (unpaired) electrons. The van der Waals surface area contributed by atoms with Crippen LogP contribution in [0.2, 0.25) is 5.02 Å². The predicted molar refractivity (Wildman–Crippen MR) is 101 cm³/mol. The zero-order valence-corrected chi connectivity index (χ0v) is 15.8. The van der Waals surface area contributed by atoms with Gasteiger partial charge in [0.2, 0.25) is 5.91 Å². The Hall–Kier alpha value is -2.78. The summed E-state index contributed by atoms with van der Waals surface area (Å²) in [5, 5.41) is 18.2. The molecule has 26 heavy (non-hydrogen) atoms. The van der Waals surface area contributed by atoms with Crippen LogP contribution >= 0.6 is 11.6 Å². The van der Waals surface area contributed by atoms with Crippen molar-refractivity contribution in [2.24, 2.45) is 0 Å². The molecule has 2 aromatic heterocycles. The monoisotopic (exact) mass is 369 g/mol. The van der Waals surface area contributed by atoms with Crippen molar-refractivity contribution in [2.45, 2.75) is 33.9 Å². The van der Waals surface area contributed by atoms with Gasteiger partial charge in [-0.15, -0.1) is 0 Å². The number of hydrogen-bond donors (Lipinski definition) is 1. The molecule has 3 aromatic rings. The molecule has 7 heteroatoms. The number of nitrogens with zero attached hydrogens (tertiary/aromatic N) is 4. The van der Waals surface area contributed by atoms with E-state index >= 15 is 0 Å². The van der Waals surface area contributed by atoms with Crippen molar-refractivity contribution in [3.05, 3.63) is 51.9 Å². The molecule has 0 bridgehead atoms. The summed E-state index contributed by atoms with van der Waals surface area (Å²) in [6, 6.07) is 9.87. The lowest BCUT2D eigenvalue weighted by Crippen LogP contribution is -2.31. The summed E-state index contributed by atoms with van der Waals surface area (Å²) in [6.07, 6.45) is 0. The van der Waals surface area contributed by atoms with Crippen molar-refractivity contribution < 1.29 is 4.79 Å². The van der Waals surface area contributed by atoms with Gasteiger partial charge in [0, 0.05) is 17.6 Å². The van der Waals surface area contributed by atoms with Gasteiger partial charge in [0.05, 0.1) is 34.0 Å². The van der Waals surface area contributed by atoms with Crippen molar-refractivity contribution in [1.29, 1.82) is 5.26 Å². The van der Waals surface area contributed by atoms with E-state index in [0.717, 1.165) is 28.0 Å². The van der Waals surface area contributed by atoms with E-state index in [0.29, 0.717) is 23.7 Å². The Balaban J connectivity index is 1.69. The van der Waals surface area contributed by atoms with Crippen LogP contribution in [0.5, 0.6) is 0 Å². The second-order valence-corrected chi connectivity index (χ2v) is 6.61. The maximum absolute atomic E-state index is 12.4. The van der Waals surface area contributed by atoms with Gasteiger partial charge in [-0.25, -0.2) is 0 Å². The number of fused-ring (bicyclic) bond motifs is 1. The van der Waals surface area contributed by atoms with E-state index in [4.69, 9.17) is 11.6 Å². The molecule has 0 fully saturated rings. The number of nitrogens with one attached hydrogen (secondary N) is 1. The lowest BCUT2D eigenvalue weighted by molar-refractivity contribution is -0.121. The molecule has 0 aliphatic carbocycles. The summed E-state index contributed by atoms with van der Waals surface area (Å²) in [7, 11) is 0. The number of para-hydroxylation sites is 1. The van der Waals surface area contributed by atoms with Gasteiger partial charge in [0.25, 0.3) is 0 Å². The maximum atomic E-state index is 12.4. The van der Waals surface area contributed by atoms with E-state index in [9.17, 15) is 10.1 Å². The second kappa shape index (κ2) is 7.22. The molecule has 1 aromatic carbocycles. The van der Waals surface area contributed by atoms with Gasteiger partial charge >= 0.3 is 0 Å². The molecule has 1 N–H and O–H groups in total. The molecule has 6 nitrogen and oxygen atoms in total. The zero-order chi connectivity index (χ0) is 18.8. The highest BCUT2D eigenvalue weighted by atomic mass is 35.5. The largest absolute Gasteiger partial charge is 0.353 e. The fraction of sp³-hybridized carbons (Fsp3) is 0.316. The third-order valence-electron chi connectivity index (χ3n) is 4.58. The van der Waals surface area contributed by atoms with Gasteiger partial charge in [-0.1, -0.05) is 29.8 Å². The summed E-state index contributed by atoms with van der Waals surface area (Å²) in [4.78, 5) is 12.4. The Morgan fingerprint density at radius 2 is 2.00 bits per heavy atom. The SMILES string of the molecule is Cc1nn(CCNC(=O)Cn2c(C)c(C#N)c3ccccc32)c(C)c1Cl. The summed E-state index contributed by atoms with van der Waals surface area (Å²) in [6.45, 7) is 6.82. The molecule has 0 unspecified atom stereocenters. The predicted octanol–water partition coefficient (Wildman–Crippen LogP) is 3.10. The van der Waals surface area contributed by atoms with Crippen LogP contribution in [0.15, 0.2) is 24.3 Å². The van der Waals surface area contributed by atoms with E-state index in [1.54, 1.807) is 4.68 Å². The van der Waals surface area contributed by atoms with Crippen molar-refractivity contribution in [2.75, 3.05) is 6.54 Å². The number of rotatable bonds is 5. The molecule has 0 aliphatic heterocycles. The zero-order valence-electron chi connectivity index (χ0n) is 15.0. The fourth-order valence-corrected chi connectivity index (χ4v) is 3.30. The first-order valence-electron chi connectivity index (χ1n) is 8.38. The summed E-state index contributed by atoms with van der Waals surface area (Å²) in [5.74, 6) is -0.106. The van der Waals surface area contributed by atoms with Crippen molar-refractivity contribution in [3.8, 4) is 6.07 Å². The Morgan fingerprint density at radius 3 is 2.65 bits per heavy atom. The van der Waals surface area contributed by atoms with Crippen molar-refractivity contribution in [1.82, 2.24) is 19.7 Å². The summed E-state index contributed by atoms with van der Waals surface area (Å²) in [5.41, 5.74) is 3.99. The fourth-order valence-electron chi connectivity index (χ4n) is 3.17. The molecular formula is C19H20ClN5O. The number of aryl methyl sites for hydroxylation is 1. The highest BCUT2D eigenvalue weighted by Crippen LogP contribution is 2.24. The number of hydrogen-bond acceptors (Lipinski definition) is 3. The normalized spacial score (nSPS) is 10.9. The Labute approximate surface area is 157 Å². The minimum Gasteiger partial charge on any atom is -0.353 e. The van der Waals surface area contributed by atoms with Gasteiger partial charge in [-0.3, -0.25) is 9.48 Å². The summed E-state index contributed by atoms with van der Waals surface area (Å²) < 4.78 is 3.67. The van der Waals surface area contributed by atoms with Crippen LogP contribution in [-0.4, -0.2) is 26.8 Å². The van der Waals surface area contributed by atoms with Gasteiger partial charge in [0.15, 0.2) is 0 Å². The first-order chi connectivity index (χ1) is 12.4. The number of aromatic nitrogens is 3. The minimum atomic E-state index is -0.106. The molecule has 2 heterocycles. The highest BCUT2D eigenvalue weighted by molar-refractivity contribution is 6.31. The van der Waals surface area contributed by atoms with Crippen LogP contribution in [-0.2, 0) is 17.9 Å². The third kappa shape index (κ3) is 3.18. The van der Waals surface area contributed by atoms with E-state index in [1.165, 1.54) is 0 Å². The van der Waals surface area contributed by atoms with E-state index in [2.05, 4.69) is 16.5 Å². The smallest absolute Gasteiger partial charge is 0.240 e. The Bertz CT molecular complexity index is 1020. The average Bonchev–Trinajstić information content (AvgIpc) is 3.03. The standard InChI is InChI=1S/C19H20ClN5O/c1-12-19(20)14(3)25(23-12)9-8-22-18(26)11-24-13(2)16(10-21)15-6-4-5-7-17(15)24/h4-7H,8-9,11H2,1-3H3,(H,22,26). The molecule has 134 valence electrons. The van der Waals surface area contributed by atoms with E-state index < -0.39 is 0 Å². The first kappa shape index (κ1) is 18.0. The van der Waals surface area contributed by atoms with Gasteiger partial charge in [0.1, 0.15) is 12.6 Å². The molecule has 0 atom stereocenters. The topological polar surface area (TPSA) is 75.6 Å². The number of benzene rings is 1. The van der Waals surface area contributed by atoms with Crippen molar-refractivity contribution in [3.63, 3.8) is 0 Å². The average molecular weight is 370 g/mol. The molecule has 0 saturated carbocycles. The number of carbonyl (C=O) groups excluding carboxylic acids is 1. The minimum absolute atomic E-state index is 0.106. The maximum Gasteiger partial charge on any atom is 0.240 e. The number of amides is 1. The van der Waals surface area contributed by atoms with Gasteiger partial charge in [-0.05, 0) is 26.8 Å². The van der Waals surface area contributed by atoms with Crippen LogP contribution in [0.1, 0.15) is 22.6 Å². The number of halogens is 1. The Morgan fingerprint density at radius 1 is 1.27 bits per heavy atom. The molecule has 0 saturated heterocycles. The quantitative estimate of drug-likeness (QED) is 0.750. The third-order valence-corrected chi connectivity index (χ3v) is 5.13. The van der Waals surface area contributed by atoms with Gasteiger partial charge < -0.3 is 9.88 Å². The summed E-state index contributed by atoms with van der Waals surface area (Å²) >= 11 is 6.14. The number of nitriles is 1. The lowest BCUT2D eigenvalue weighted by Gasteiger charge is -2.10. The van der Waals surface area contributed by atoms with Crippen molar-refractivity contribution >= 4 is 28.4 Å². The van der Waals surface area contributed by atoms with Crippen LogP contribution in [0.4, 0.5) is 0 Å². The molecular weight excluding hydrogens is 350 g/mol. The van der Waals surface area contributed by atoms with Crippen LogP contribution < -0.4 is 5.32 Å². The van der Waals surface area contributed by atoms with Crippen LogP contribution in [0.3, 0.4) is 0 Å². The molecule has 1 amide bonds. The van der Waals surface area contributed by atoms with E-state index in [-0.39, 0.29) is 12.5 Å². The molecule has 3 rings (SSSR count). The second-order valence-electron chi connectivity index (χ2n) is 6.23. The van der Waals surface area contributed by atoms with Gasteiger partial charge in [-0.2, -0.15) is 10.4 Å². The number of carbonyl (C=O) groups is 1. The van der Waals surface area contributed by atoms with Crippen LogP contribution in [0.25, 0.3) is 10.9 Å². The van der Waals surface area contributed by atoms with Crippen LogP contribution in [0, 0.1) is 32.1 Å². The van der Waals surface area contributed by atoms with E-state index in [1.807, 2.05) is 49.6 Å². The Kier molecular flexibility index (Phi) is 5.01. The first-order valence-corrected chi connectivity index (χ1v) is 8.76. The highest BCUT2D eigenvalue weighted by Gasteiger charge is 2.15.